The molecule has 0 radical (unpaired) electrons. The van der Waals surface area contributed by atoms with Gasteiger partial charge in [0.2, 0.25) is 11.8 Å². The van der Waals surface area contributed by atoms with E-state index in [-0.39, 0.29) is 36.1 Å². The fourth-order valence-corrected chi connectivity index (χ4v) is 2.69. The van der Waals surface area contributed by atoms with Crippen LogP contribution in [0.25, 0.3) is 0 Å². The third-order valence-electron chi connectivity index (χ3n) is 3.74. The van der Waals surface area contributed by atoms with E-state index in [0.717, 1.165) is 0 Å². The van der Waals surface area contributed by atoms with Crippen molar-refractivity contribution in [2.75, 3.05) is 13.1 Å². The summed E-state index contributed by atoms with van der Waals surface area (Å²) in [5, 5.41) is 3.15. The van der Waals surface area contributed by atoms with Crippen LogP contribution in [0.4, 0.5) is 4.39 Å². The summed E-state index contributed by atoms with van der Waals surface area (Å²) < 4.78 is 13.9. The first-order chi connectivity index (χ1) is 10.0. The Morgan fingerprint density at radius 1 is 1.29 bits per heavy atom. The Morgan fingerprint density at radius 2 is 1.90 bits per heavy atom. The average Bonchev–Trinajstić information content (AvgIpc) is 2.42. The van der Waals surface area contributed by atoms with Crippen molar-refractivity contribution in [1.82, 2.24) is 10.2 Å². The molecular formula is C16H21FN2O2. The zero-order valence-corrected chi connectivity index (χ0v) is 12.4. The third-order valence-corrected chi connectivity index (χ3v) is 3.74. The van der Waals surface area contributed by atoms with Gasteiger partial charge in [0.1, 0.15) is 5.82 Å². The molecule has 1 aliphatic rings. The fraction of sp³-hybridized carbons (Fsp3) is 0.500. The molecule has 2 amide bonds. The first kappa shape index (κ1) is 15.6. The van der Waals surface area contributed by atoms with Crippen molar-refractivity contribution >= 4 is 11.8 Å². The Kier molecular flexibility index (Phi) is 5.07. The highest BCUT2D eigenvalue weighted by molar-refractivity contribution is 5.97. The largest absolute Gasteiger partial charge is 0.309 e. The summed E-state index contributed by atoms with van der Waals surface area (Å²) in [5.74, 6) is -0.572. The molecule has 1 aromatic carbocycles. The second kappa shape index (κ2) is 6.80. The van der Waals surface area contributed by atoms with Gasteiger partial charge in [-0.1, -0.05) is 32.0 Å². The van der Waals surface area contributed by atoms with Crippen molar-refractivity contribution in [3.05, 3.63) is 35.6 Å². The summed E-state index contributed by atoms with van der Waals surface area (Å²) in [6.45, 7) is 4.62. The van der Waals surface area contributed by atoms with Crippen LogP contribution in [0.5, 0.6) is 0 Å². The predicted octanol–water partition coefficient (Wildman–Crippen LogP) is 2.26. The van der Waals surface area contributed by atoms with Crippen molar-refractivity contribution in [2.45, 2.75) is 32.7 Å². The third kappa shape index (κ3) is 3.67. The number of hydrogen-bond donors (Lipinski definition) is 1. The molecule has 0 aliphatic carbocycles. The molecule has 0 bridgehead atoms. The Hall–Kier alpha value is -1.75. The number of amides is 2. The van der Waals surface area contributed by atoms with Gasteiger partial charge in [-0.3, -0.25) is 14.5 Å². The Bertz CT molecular complexity index is 515. The molecule has 1 atom stereocenters. The van der Waals surface area contributed by atoms with Crippen LogP contribution >= 0.6 is 0 Å². The topological polar surface area (TPSA) is 49.4 Å². The monoisotopic (exact) mass is 292 g/mol. The number of carbonyl (C=O) groups is 2. The first-order valence-corrected chi connectivity index (χ1v) is 7.34. The van der Waals surface area contributed by atoms with E-state index >= 15 is 0 Å². The zero-order chi connectivity index (χ0) is 15.4. The SMILES string of the molecule is CCNC(CN1C(=O)CC(C)CC1=O)c1ccccc1F. The summed E-state index contributed by atoms with van der Waals surface area (Å²) in [6.07, 6.45) is 0.754. The summed E-state index contributed by atoms with van der Waals surface area (Å²) in [5.41, 5.74) is 0.485. The minimum Gasteiger partial charge on any atom is -0.309 e. The maximum absolute atomic E-state index is 13.9. The lowest BCUT2D eigenvalue weighted by atomic mass is 9.96. The highest BCUT2D eigenvalue weighted by Gasteiger charge is 2.32. The molecule has 1 fully saturated rings. The molecule has 21 heavy (non-hydrogen) atoms. The maximum atomic E-state index is 13.9. The van der Waals surface area contributed by atoms with E-state index in [1.807, 2.05) is 13.8 Å². The summed E-state index contributed by atoms with van der Waals surface area (Å²) in [6, 6.07) is 6.08. The lowest BCUT2D eigenvalue weighted by molar-refractivity contribution is -0.150. The van der Waals surface area contributed by atoms with Crippen LogP contribution in [0.2, 0.25) is 0 Å². The highest BCUT2D eigenvalue weighted by atomic mass is 19.1. The van der Waals surface area contributed by atoms with Crippen LogP contribution in [-0.2, 0) is 9.59 Å². The van der Waals surface area contributed by atoms with Gasteiger partial charge in [0.15, 0.2) is 0 Å². The number of benzene rings is 1. The molecule has 1 aliphatic heterocycles. The Labute approximate surface area is 124 Å². The van der Waals surface area contributed by atoms with Gasteiger partial charge in [-0.2, -0.15) is 0 Å². The standard InChI is InChI=1S/C16H21FN2O2/c1-3-18-14(12-6-4-5-7-13(12)17)10-19-15(20)8-11(2)9-16(19)21/h4-7,11,14,18H,3,8-10H2,1-2H3. The van der Waals surface area contributed by atoms with E-state index < -0.39 is 0 Å². The molecule has 1 unspecified atom stereocenters. The van der Waals surface area contributed by atoms with Gasteiger partial charge in [0, 0.05) is 24.9 Å². The van der Waals surface area contributed by atoms with E-state index in [0.29, 0.717) is 24.9 Å². The number of halogens is 1. The number of rotatable bonds is 5. The van der Waals surface area contributed by atoms with E-state index in [2.05, 4.69) is 5.32 Å². The molecule has 4 nitrogen and oxygen atoms in total. The van der Waals surface area contributed by atoms with E-state index in [4.69, 9.17) is 0 Å². The molecule has 1 N–H and O–H groups in total. The minimum absolute atomic E-state index is 0.0901. The lowest BCUT2D eigenvalue weighted by Crippen LogP contribution is -2.46. The van der Waals surface area contributed by atoms with E-state index in [1.165, 1.54) is 11.0 Å². The van der Waals surface area contributed by atoms with Crippen molar-refractivity contribution in [3.63, 3.8) is 0 Å². The number of imide groups is 1. The molecule has 2 rings (SSSR count). The highest BCUT2D eigenvalue weighted by Crippen LogP contribution is 2.23. The second-order valence-electron chi connectivity index (χ2n) is 5.54. The number of nitrogens with zero attached hydrogens (tertiary/aromatic N) is 1. The van der Waals surface area contributed by atoms with Crippen LogP contribution in [0.3, 0.4) is 0 Å². The molecular weight excluding hydrogens is 271 g/mol. The number of carbonyl (C=O) groups excluding carboxylic acids is 2. The molecule has 114 valence electrons. The molecule has 5 heteroatoms. The van der Waals surface area contributed by atoms with Crippen LogP contribution in [-0.4, -0.2) is 29.8 Å². The molecule has 0 aromatic heterocycles. The maximum Gasteiger partial charge on any atom is 0.229 e. The first-order valence-electron chi connectivity index (χ1n) is 7.34. The van der Waals surface area contributed by atoms with Crippen molar-refractivity contribution in [3.8, 4) is 0 Å². The van der Waals surface area contributed by atoms with Gasteiger partial charge in [-0.25, -0.2) is 4.39 Å². The smallest absolute Gasteiger partial charge is 0.229 e. The number of piperidine rings is 1. The second-order valence-corrected chi connectivity index (χ2v) is 5.54. The van der Waals surface area contributed by atoms with Crippen LogP contribution < -0.4 is 5.32 Å². The summed E-state index contributed by atoms with van der Waals surface area (Å²) in [7, 11) is 0. The van der Waals surface area contributed by atoms with Crippen LogP contribution in [0, 0.1) is 11.7 Å². The number of likely N-dealkylation sites (tertiary alicyclic amines) is 1. The van der Waals surface area contributed by atoms with Gasteiger partial charge in [0.25, 0.3) is 0 Å². The van der Waals surface area contributed by atoms with Gasteiger partial charge in [0.05, 0.1) is 6.04 Å². The van der Waals surface area contributed by atoms with Gasteiger partial charge < -0.3 is 5.32 Å². The van der Waals surface area contributed by atoms with Gasteiger partial charge in [-0.15, -0.1) is 0 Å². The average molecular weight is 292 g/mol. The number of nitrogens with one attached hydrogen (secondary N) is 1. The van der Waals surface area contributed by atoms with Gasteiger partial charge in [-0.05, 0) is 18.5 Å². The number of hydrogen-bond acceptors (Lipinski definition) is 3. The minimum atomic E-state index is -0.377. The molecule has 1 aromatic rings. The summed E-state index contributed by atoms with van der Waals surface area (Å²) >= 11 is 0. The van der Waals surface area contributed by atoms with E-state index in [1.54, 1.807) is 18.2 Å². The predicted molar refractivity (Wildman–Crippen MR) is 77.9 cm³/mol. The molecule has 0 saturated carbocycles. The van der Waals surface area contributed by atoms with Crippen LogP contribution in [0.15, 0.2) is 24.3 Å². The lowest BCUT2D eigenvalue weighted by Gasteiger charge is -2.32. The molecule has 0 spiro atoms. The van der Waals surface area contributed by atoms with Crippen molar-refractivity contribution < 1.29 is 14.0 Å². The fourth-order valence-electron chi connectivity index (χ4n) is 2.69. The normalized spacial score (nSPS) is 18.1. The van der Waals surface area contributed by atoms with Crippen molar-refractivity contribution in [1.29, 1.82) is 0 Å². The van der Waals surface area contributed by atoms with Gasteiger partial charge >= 0.3 is 0 Å². The molecule has 1 saturated heterocycles. The van der Waals surface area contributed by atoms with Crippen molar-refractivity contribution in [2.24, 2.45) is 5.92 Å². The van der Waals surface area contributed by atoms with E-state index in [9.17, 15) is 14.0 Å². The Morgan fingerprint density at radius 3 is 2.48 bits per heavy atom. The summed E-state index contributed by atoms with van der Waals surface area (Å²) in [4.78, 5) is 25.4. The molecule has 1 heterocycles. The Balaban J connectivity index is 2.18. The number of likely N-dealkylation sites (N-methyl/N-ethyl adjacent to an activating group) is 1. The van der Waals surface area contributed by atoms with Crippen LogP contribution in [0.1, 0.15) is 38.3 Å². The quantitative estimate of drug-likeness (QED) is 0.847. The zero-order valence-electron chi connectivity index (χ0n) is 12.4.